The van der Waals surface area contributed by atoms with Crippen LogP contribution in [0.15, 0.2) is 48.5 Å². The Bertz CT molecular complexity index is 1170. The van der Waals surface area contributed by atoms with Crippen molar-refractivity contribution in [1.29, 1.82) is 0 Å². The second-order valence-electron chi connectivity index (χ2n) is 5.80. The lowest BCUT2D eigenvalue weighted by Crippen LogP contribution is -2.11. The summed E-state index contributed by atoms with van der Waals surface area (Å²) < 4.78 is 32.4. The number of aromatic nitrogens is 5. The topological polar surface area (TPSA) is 85.6 Å². The average Bonchev–Trinajstić information content (AvgIpc) is 3.28. The van der Waals surface area contributed by atoms with Gasteiger partial charge in [0.05, 0.1) is 11.4 Å². The molecule has 0 aliphatic heterocycles. The van der Waals surface area contributed by atoms with E-state index >= 15 is 0 Å². The second-order valence-corrected chi connectivity index (χ2v) is 6.55. The zero-order valence-electron chi connectivity index (χ0n) is 14.4. The minimum Gasteiger partial charge on any atom is -0.297 e. The number of hydrogen-bond acceptors (Lipinski definition) is 6. The Morgan fingerprint density at radius 2 is 1.86 bits per heavy atom. The summed E-state index contributed by atoms with van der Waals surface area (Å²) >= 11 is 0.964. The van der Waals surface area contributed by atoms with Gasteiger partial charge in [-0.25, -0.2) is 13.5 Å². The SMILES string of the molecule is Cc1c(-c2nsc(NC(=O)c3cccc(F)c3)n2)nnn1-c1cccc(F)c1. The van der Waals surface area contributed by atoms with Crippen molar-refractivity contribution < 1.29 is 13.6 Å². The van der Waals surface area contributed by atoms with E-state index in [0.29, 0.717) is 17.1 Å². The Labute approximate surface area is 161 Å². The minimum absolute atomic E-state index is 0.171. The summed E-state index contributed by atoms with van der Waals surface area (Å²) in [6.45, 7) is 1.76. The van der Waals surface area contributed by atoms with Gasteiger partial charge in [-0.3, -0.25) is 10.1 Å². The van der Waals surface area contributed by atoms with Crippen molar-refractivity contribution in [2.24, 2.45) is 0 Å². The van der Waals surface area contributed by atoms with Crippen LogP contribution in [0, 0.1) is 18.6 Å². The quantitative estimate of drug-likeness (QED) is 0.567. The Morgan fingerprint density at radius 1 is 1.11 bits per heavy atom. The van der Waals surface area contributed by atoms with E-state index in [-0.39, 0.29) is 22.3 Å². The van der Waals surface area contributed by atoms with Crippen LogP contribution in [-0.2, 0) is 0 Å². The van der Waals surface area contributed by atoms with Crippen molar-refractivity contribution >= 4 is 22.6 Å². The number of anilines is 1. The van der Waals surface area contributed by atoms with Gasteiger partial charge in [0.2, 0.25) is 5.13 Å². The Balaban J connectivity index is 1.57. The van der Waals surface area contributed by atoms with E-state index in [4.69, 9.17) is 0 Å². The molecular formula is C18H12F2N6OS. The molecule has 0 spiro atoms. The Kier molecular flexibility index (Phi) is 4.62. The number of carbonyl (C=O) groups excluding carboxylic acids is 1. The predicted molar refractivity (Wildman–Crippen MR) is 99.3 cm³/mol. The van der Waals surface area contributed by atoms with Crippen LogP contribution in [0.2, 0.25) is 0 Å². The van der Waals surface area contributed by atoms with Gasteiger partial charge in [-0.2, -0.15) is 9.36 Å². The lowest BCUT2D eigenvalue weighted by molar-refractivity contribution is 0.102. The molecule has 0 unspecified atom stereocenters. The molecule has 2 heterocycles. The molecule has 2 aromatic carbocycles. The van der Waals surface area contributed by atoms with Gasteiger partial charge in [0.15, 0.2) is 11.5 Å². The molecule has 28 heavy (non-hydrogen) atoms. The first-order valence-electron chi connectivity index (χ1n) is 8.10. The lowest BCUT2D eigenvalue weighted by atomic mass is 10.2. The van der Waals surface area contributed by atoms with Crippen LogP contribution in [0.5, 0.6) is 0 Å². The molecule has 10 heteroatoms. The molecule has 0 fully saturated rings. The molecular weight excluding hydrogens is 386 g/mol. The molecule has 4 aromatic rings. The number of nitrogens with one attached hydrogen (secondary N) is 1. The normalized spacial score (nSPS) is 10.8. The highest BCUT2D eigenvalue weighted by atomic mass is 32.1. The Hall–Kier alpha value is -3.53. The van der Waals surface area contributed by atoms with E-state index in [2.05, 4.69) is 25.0 Å². The maximum absolute atomic E-state index is 13.5. The van der Waals surface area contributed by atoms with Gasteiger partial charge in [-0.15, -0.1) is 5.10 Å². The molecule has 1 N–H and O–H groups in total. The predicted octanol–water partition coefficient (Wildman–Crippen LogP) is 3.62. The van der Waals surface area contributed by atoms with Crippen LogP contribution in [0.3, 0.4) is 0 Å². The monoisotopic (exact) mass is 398 g/mol. The first-order chi connectivity index (χ1) is 13.5. The maximum atomic E-state index is 13.5. The number of nitrogens with zero attached hydrogens (tertiary/aromatic N) is 5. The third-order valence-electron chi connectivity index (χ3n) is 3.89. The molecule has 7 nitrogen and oxygen atoms in total. The number of amides is 1. The van der Waals surface area contributed by atoms with Gasteiger partial charge >= 0.3 is 0 Å². The Morgan fingerprint density at radius 3 is 2.61 bits per heavy atom. The summed E-state index contributed by atoms with van der Waals surface area (Å²) in [5.74, 6) is -1.11. The van der Waals surface area contributed by atoms with Crippen LogP contribution in [0.1, 0.15) is 16.1 Å². The van der Waals surface area contributed by atoms with E-state index in [1.54, 1.807) is 19.1 Å². The first kappa shape index (κ1) is 17.9. The van der Waals surface area contributed by atoms with E-state index in [0.717, 1.165) is 17.6 Å². The van der Waals surface area contributed by atoms with Crippen molar-refractivity contribution in [3.63, 3.8) is 0 Å². The van der Waals surface area contributed by atoms with Crippen LogP contribution < -0.4 is 5.32 Å². The number of carbonyl (C=O) groups is 1. The van der Waals surface area contributed by atoms with Crippen LogP contribution in [-0.4, -0.2) is 30.3 Å². The molecule has 0 radical (unpaired) electrons. The molecule has 2 aromatic heterocycles. The van der Waals surface area contributed by atoms with Crippen LogP contribution >= 0.6 is 11.5 Å². The zero-order chi connectivity index (χ0) is 19.7. The van der Waals surface area contributed by atoms with E-state index in [9.17, 15) is 13.6 Å². The molecule has 1 amide bonds. The summed E-state index contributed by atoms with van der Waals surface area (Å²) in [5, 5.41) is 10.9. The fourth-order valence-corrected chi connectivity index (χ4v) is 3.12. The van der Waals surface area contributed by atoms with Crippen molar-refractivity contribution in [2.75, 3.05) is 5.32 Å². The smallest absolute Gasteiger partial charge is 0.257 e. The number of hydrogen-bond donors (Lipinski definition) is 1. The third kappa shape index (κ3) is 3.49. The highest BCUT2D eigenvalue weighted by Gasteiger charge is 2.18. The van der Waals surface area contributed by atoms with Crippen molar-refractivity contribution in [2.45, 2.75) is 6.92 Å². The molecule has 0 bridgehead atoms. The molecule has 0 saturated carbocycles. The lowest BCUT2D eigenvalue weighted by Gasteiger charge is -2.02. The zero-order valence-corrected chi connectivity index (χ0v) is 15.2. The number of halogens is 2. The highest BCUT2D eigenvalue weighted by molar-refractivity contribution is 7.10. The molecule has 0 atom stereocenters. The van der Waals surface area contributed by atoms with Gasteiger partial charge in [-0.05, 0) is 43.3 Å². The highest BCUT2D eigenvalue weighted by Crippen LogP contribution is 2.24. The first-order valence-corrected chi connectivity index (χ1v) is 8.88. The van der Waals surface area contributed by atoms with Crippen molar-refractivity contribution in [3.8, 4) is 17.2 Å². The largest absolute Gasteiger partial charge is 0.297 e. The van der Waals surface area contributed by atoms with E-state index < -0.39 is 11.7 Å². The molecule has 0 aliphatic carbocycles. The summed E-state index contributed by atoms with van der Waals surface area (Å²) in [6, 6.07) is 11.3. The second kappa shape index (κ2) is 7.24. The number of rotatable bonds is 4. The van der Waals surface area contributed by atoms with E-state index in [1.807, 2.05) is 0 Å². The molecule has 0 aliphatic rings. The van der Waals surface area contributed by atoms with E-state index in [1.165, 1.54) is 35.0 Å². The number of benzene rings is 2. The summed E-state index contributed by atoms with van der Waals surface area (Å²) in [5.41, 5.74) is 1.72. The summed E-state index contributed by atoms with van der Waals surface area (Å²) in [6.07, 6.45) is 0. The standard InChI is InChI=1S/C18H12F2N6OS/c1-10-15(23-25-26(10)14-7-3-6-13(20)9-14)16-21-18(28-24-16)22-17(27)11-4-2-5-12(19)8-11/h2-9H,1H3,(H,21,22,24,27). The van der Waals surface area contributed by atoms with Gasteiger partial charge in [-0.1, -0.05) is 17.3 Å². The van der Waals surface area contributed by atoms with Crippen molar-refractivity contribution in [3.05, 3.63) is 71.4 Å². The maximum Gasteiger partial charge on any atom is 0.257 e. The molecule has 4 rings (SSSR count). The summed E-state index contributed by atoms with van der Waals surface area (Å²) in [7, 11) is 0. The van der Waals surface area contributed by atoms with Gasteiger partial charge in [0.25, 0.3) is 5.91 Å². The van der Waals surface area contributed by atoms with Crippen LogP contribution in [0.25, 0.3) is 17.2 Å². The van der Waals surface area contributed by atoms with Crippen LogP contribution in [0.4, 0.5) is 13.9 Å². The fourth-order valence-electron chi connectivity index (χ4n) is 2.56. The van der Waals surface area contributed by atoms with Gasteiger partial charge in [0.1, 0.15) is 11.6 Å². The van der Waals surface area contributed by atoms with Gasteiger partial charge in [0, 0.05) is 17.1 Å². The summed E-state index contributed by atoms with van der Waals surface area (Å²) in [4.78, 5) is 16.4. The fraction of sp³-hybridized carbons (Fsp3) is 0.0556. The average molecular weight is 398 g/mol. The van der Waals surface area contributed by atoms with Gasteiger partial charge < -0.3 is 0 Å². The molecule has 140 valence electrons. The minimum atomic E-state index is -0.504. The van der Waals surface area contributed by atoms with Crippen molar-refractivity contribution in [1.82, 2.24) is 24.4 Å². The third-order valence-corrected chi connectivity index (χ3v) is 4.52. The molecule has 0 saturated heterocycles.